The number of hydrogen-bond acceptors (Lipinski definition) is 3. The fraction of sp³-hybridized carbons (Fsp3) is 0.647. The van der Waals surface area contributed by atoms with Gasteiger partial charge in [0.2, 0.25) is 0 Å². The molecule has 0 unspecified atom stereocenters. The van der Waals surface area contributed by atoms with Crippen molar-refractivity contribution in [3.8, 4) is 0 Å². The molecule has 1 fully saturated rings. The van der Waals surface area contributed by atoms with Crippen LogP contribution in [0.3, 0.4) is 0 Å². The van der Waals surface area contributed by atoms with Gasteiger partial charge in [-0.05, 0) is 43.2 Å². The van der Waals surface area contributed by atoms with Crippen LogP contribution in [0.25, 0.3) is 0 Å². The lowest BCUT2D eigenvalue weighted by molar-refractivity contribution is 0.0667. The third-order valence-corrected chi connectivity index (χ3v) is 4.51. The van der Waals surface area contributed by atoms with E-state index in [0.717, 1.165) is 55.3 Å². The highest BCUT2D eigenvalue weighted by molar-refractivity contribution is 5.95. The van der Waals surface area contributed by atoms with Gasteiger partial charge in [0.25, 0.3) is 5.91 Å². The van der Waals surface area contributed by atoms with Crippen molar-refractivity contribution >= 4 is 11.7 Å². The number of nitrogens with one attached hydrogen (secondary N) is 1. The van der Waals surface area contributed by atoms with Crippen molar-refractivity contribution in [2.75, 3.05) is 25.5 Å². The fourth-order valence-electron chi connectivity index (χ4n) is 2.97. The number of nitrogens with zero attached hydrogens (tertiary/aromatic N) is 2. The first-order valence-corrected chi connectivity index (χ1v) is 8.03. The fourth-order valence-corrected chi connectivity index (χ4v) is 2.97. The summed E-state index contributed by atoms with van der Waals surface area (Å²) in [6, 6.07) is 3.79. The molecule has 0 aliphatic carbocycles. The highest BCUT2D eigenvalue weighted by atomic mass is 16.2. The van der Waals surface area contributed by atoms with E-state index in [1.807, 2.05) is 24.1 Å². The van der Waals surface area contributed by atoms with Gasteiger partial charge in [-0.2, -0.15) is 0 Å². The molecular formula is C17H27N3O. The van der Waals surface area contributed by atoms with Gasteiger partial charge in [0.05, 0.1) is 0 Å². The zero-order valence-electron chi connectivity index (χ0n) is 13.6. The third-order valence-electron chi connectivity index (χ3n) is 4.51. The van der Waals surface area contributed by atoms with Crippen LogP contribution in [0.1, 0.15) is 49.7 Å². The lowest BCUT2D eigenvalue weighted by Gasteiger charge is -2.34. The van der Waals surface area contributed by atoms with E-state index in [9.17, 15) is 4.79 Å². The minimum Gasteiger partial charge on any atom is -0.373 e. The molecule has 0 atom stereocenters. The summed E-state index contributed by atoms with van der Waals surface area (Å²) in [4.78, 5) is 19.1. The second kappa shape index (κ2) is 6.92. The average molecular weight is 289 g/mol. The lowest BCUT2D eigenvalue weighted by atomic mass is 9.86. The first kappa shape index (κ1) is 15.8. The van der Waals surface area contributed by atoms with Crippen molar-refractivity contribution in [2.24, 2.45) is 11.8 Å². The summed E-state index contributed by atoms with van der Waals surface area (Å²) in [5.41, 5.74) is 1.72. The van der Waals surface area contributed by atoms with Crippen LogP contribution >= 0.6 is 0 Å². The summed E-state index contributed by atoms with van der Waals surface area (Å²) in [6.45, 7) is 8.36. The lowest BCUT2D eigenvalue weighted by Crippen LogP contribution is -2.39. The number of carbonyl (C=O) groups excluding carboxylic acids is 1. The smallest absolute Gasteiger partial charge is 0.254 e. The maximum absolute atomic E-state index is 12.7. The minimum atomic E-state index is 0.144. The molecule has 1 saturated heterocycles. The minimum absolute atomic E-state index is 0.144. The maximum atomic E-state index is 12.7. The van der Waals surface area contributed by atoms with Crippen LogP contribution in [0.2, 0.25) is 0 Å². The molecule has 0 spiro atoms. The standard InChI is InChI=1S/C17H27N3O/c1-5-15-10-14(11-16(18-4)19-15)17(21)20-8-6-13(7-9-20)12(2)3/h10-13H,5-9H2,1-4H3,(H,18,19). The molecule has 1 aromatic rings. The van der Waals surface area contributed by atoms with Crippen LogP contribution in [0, 0.1) is 11.8 Å². The number of hydrogen-bond donors (Lipinski definition) is 1. The summed E-state index contributed by atoms with van der Waals surface area (Å²) >= 11 is 0. The first-order chi connectivity index (χ1) is 10.0. The predicted octanol–water partition coefficient (Wildman–Crippen LogP) is 3.19. The number of carbonyl (C=O) groups is 1. The number of aromatic nitrogens is 1. The molecule has 1 N–H and O–H groups in total. The highest BCUT2D eigenvalue weighted by Crippen LogP contribution is 2.25. The monoisotopic (exact) mass is 289 g/mol. The van der Waals surface area contributed by atoms with E-state index in [1.165, 1.54) is 0 Å². The van der Waals surface area contributed by atoms with Crippen LogP contribution < -0.4 is 5.32 Å². The molecule has 1 aromatic heterocycles. The van der Waals surface area contributed by atoms with Crippen molar-refractivity contribution in [3.05, 3.63) is 23.4 Å². The Hall–Kier alpha value is -1.58. The second-order valence-corrected chi connectivity index (χ2v) is 6.21. The van der Waals surface area contributed by atoms with Crippen LogP contribution in [-0.4, -0.2) is 35.9 Å². The molecule has 116 valence electrons. The molecular weight excluding hydrogens is 262 g/mol. The van der Waals surface area contributed by atoms with Crippen molar-refractivity contribution in [1.29, 1.82) is 0 Å². The number of likely N-dealkylation sites (tertiary alicyclic amines) is 1. The molecule has 0 aromatic carbocycles. The largest absolute Gasteiger partial charge is 0.373 e. The number of aryl methyl sites for hydroxylation is 1. The third kappa shape index (κ3) is 3.74. The normalized spacial score (nSPS) is 16.3. The number of piperidine rings is 1. The maximum Gasteiger partial charge on any atom is 0.254 e. The Bertz CT molecular complexity index is 469. The van der Waals surface area contributed by atoms with E-state index >= 15 is 0 Å². The van der Waals surface area contributed by atoms with Gasteiger partial charge in [-0.25, -0.2) is 4.98 Å². The zero-order chi connectivity index (χ0) is 15.4. The summed E-state index contributed by atoms with van der Waals surface area (Å²) in [5.74, 6) is 2.39. The van der Waals surface area contributed by atoms with Gasteiger partial charge in [-0.1, -0.05) is 20.8 Å². The number of rotatable bonds is 4. The Balaban J connectivity index is 2.10. The Morgan fingerprint density at radius 2 is 2.05 bits per heavy atom. The number of pyridine rings is 1. The second-order valence-electron chi connectivity index (χ2n) is 6.21. The van der Waals surface area contributed by atoms with Crippen molar-refractivity contribution in [2.45, 2.75) is 40.0 Å². The molecule has 2 rings (SSSR count). The van der Waals surface area contributed by atoms with Crippen LogP contribution in [0.15, 0.2) is 12.1 Å². The van der Waals surface area contributed by atoms with Gasteiger partial charge in [-0.15, -0.1) is 0 Å². The molecule has 21 heavy (non-hydrogen) atoms. The SMILES string of the molecule is CCc1cc(C(=O)N2CCC(C(C)C)CC2)cc(NC)n1. The van der Waals surface area contributed by atoms with Crippen LogP contribution in [0.5, 0.6) is 0 Å². The molecule has 1 aliphatic heterocycles. The summed E-state index contributed by atoms with van der Waals surface area (Å²) in [7, 11) is 1.84. The van der Waals surface area contributed by atoms with Gasteiger partial charge >= 0.3 is 0 Å². The Morgan fingerprint density at radius 1 is 1.38 bits per heavy atom. The summed E-state index contributed by atoms with van der Waals surface area (Å²) in [6.07, 6.45) is 3.08. The average Bonchev–Trinajstić information content (AvgIpc) is 2.53. The van der Waals surface area contributed by atoms with E-state index in [4.69, 9.17) is 0 Å². The van der Waals surface area contributed by atoms with E-state index in [0.29, 0.717) is 5.92 Å². The van der Waals surface area contributed by atoms with Gasteiger partial charge in [0.1, 0.15) is 5.82 Å². The van der Waals surface area contributed by atoms with Gasteiger partial charge in [0, 0.05) is 31.4 Å². The molecule has 1 amide bonds. The van der Waals surface area contributed by atoms with E-state index in [2.05, 4.69) is 31.1 Å². The van der Waals surface area contributed by atoms with Crippen molar-refractivity contribution < 1.29 is 4.79 Å². The van der Waals surface area contributed by atoms with E-state index < -0.39 is 0 Å². The van der Waals surface area contributed by atoms with Crippen LogP contribution in [-0.2, 0) is 6.42 Å². The van der Waals surface area contributed by atoms with Gasteiger partial charge in [0.15, 0.2) is 0 Å². The molecule has 0 saturated carbocycles. The molecule has 2 heterocycles. The molecule has 1 aliphatic rings. The number of amides is 1. The molecule has 0 radical (unpaired) electrons. The topological polar surface area (TPSA) is 45.2 Å². The molecule has 4 nitrogen and oxygen atoms in total. The van der Waals surface area contributed by atoms with Gasteiger partial charge in [-0.3, -0.25) is 4.79 Å². The van der Waals surface area contributed by atoms with Crippen molar-refractivity contribution in [3.63, 3.8) is 0 Å². The first-order valence-electron chi connectivity index (χ1n) is 8.03. The van der Waals surface area contributed by atoms with E-state index in [-0.39, 0.29) is 5.91 Å². The number of anilines is 1. The highest BCUT2D eigenvalue weighted by Gasteiger charge is 2.25. The molecule has 0 bridgehead atoms. The van der Waals surface area contributed by atoms with Crippen LogP contribution in [0.4, 0.5) is 5.82 Å². The molecule has 4 heteroatoms. The summed E-state index contributed by atoms with van der Waals surface area (Å²) < 4.78 is 0. The van der Waals surface area contributed by atoms with Crippen molar-refractivity contribution in [1.82, 2.24) is 9.88 Å². The van der Waals surface area contributed by atoms with Gasteiger partial charge < -0.3 is 10.2 Å². The zero-order valence-corrected chi connectivity index (χ0v) is 13.6. The summed E-state index contributed by atoms with van der Waals surface area (Å²) in [5, 5.41) is 3.04. The predicted molar refractivity (Wildman–Crippen MR) is 86.6 cm³/mol. The Labute approximate surface area is 127 Å². The van der Waals surface area contributed by atoms with E-state index in [1.54, 1.807) is 0 Å². The Kier molecular flexibility index (Phi) is 5.21. The quantitative estimate of drug-likeness (QED) is 0.926. The Morgan fingerprint density at radius 3 is 2.57 bits per heavy atom.